The van der Waals surface area contributed by atoms with Gasteiger partial charge in [-0.05, 0) is 42.3 Å². The van der Waals surface area contributed by atoms with E-state index in [-0.39, 0.29) is 0 Å². The predicted molar refractivity (Wildman–Crippen MR) is 77.6 cm³/mol. The molecule has 0 bridgehead atoms. The molecule has 19 heavy (non-hydrogen) atoms. The minimum atomic E-state index is -0.922. The number of rotatable bonds is 4. The van der Waals surface area contributed by atoms with Crippen molar-refractivity contribution < 1.29 is 14.6 Å². The molecular formula is C15H14O3S. The Kier molecular flexibility index (Phi) is 4.02. The van der Waals surface area contributed by atoms with Crippen molar-refractivity contribution in [2.75, 3.05) is 7.11 Å². The molecule has 0 amide bonds. The monoisotopic (exact) mass is 274 g/mol. The van der Waals surface area contributed by atoms with Crippen LogP contribution in [0.25, 0.3) is 16.0 Å². The summed E-state index contributed by atoms with van der Waals surface area (Å²) in [6, 6.07) is 11.7. The Morgan fingerprint density at radius 3 is 2.79 bits per heavy atom. The van der Waals surface area contributed by atoms with E-state index in [9.17, 15) is 4.79 Å². The lowest BCUT2D eigenvalue weighted by atomic mass is 10.2. The number of carboxylic acids is 1. The zero-order valence-electron chi connectivity index (χ0n) is 10.7. The van der Waals surface area contributed by atoms with E-state index in [0.29, 0.717) is 0 Å². The summed E-state index contributed by atoms with van der Waals surface area (Å²) in [4.78, 5) is 12.7. The Balaban J connectivity index is 2.32. The summed E-state index contributed by atoms with van der Waals surface area (Å²) in [5.74, 6) is -0.112. The summed E-state index contributed by atoms with van der Waals surface area (Å²) in [7, 11) is 1.64. The Bertz CT molecular complexity index is 626. The second-order valence-electron chi connectivity index (χ2n) is 4.06. The maximum atomic E-state index is 10.7. The fourth-order valence-electron chi connectivity index (χ4n) is 1.74. The number of allylic oxidation sites excluding steroid dienone is 1. The molecule has 2 rings (SSSR count). The molecule has 0 aliphatic heterocycles. The molecule has 0 aliphatic carbocycles. The van der Waals surface area contributed by atoms with Crippen molar-refractivity contribution in [3.05, 3.63) is 47.4 Å². The van der Waals surface area contributed by atoms with Crippen LogP contribution in [0.4, 0.5) is 0 Å². The maximum absolute atomic E-state index is 10.7. The average molecular weight is 274 g/mol. The molecule has 2 aromatic rings. The van der Waals surface area contributed by atoms with E-state index in [1.165, 1.54) is 6.08 Å². The molecule has 98 valence electrons. The first-order valence-electron chi connectivity index (χ1n) is 5.76. The van der Waals surface area contributed by atoms with Crippen molar-refractivity contribution in [1.29, 1.82) is 0 Å². The molecular weight excluding hydrogens is 260 g/mol. The molecule has 1 aromatic carbocycles. The normalized spacial score (nSPS) is 11.4. The van der Waals surface area contributed by atoms with Gasteiger partial charge < -0.3 is 9.84 Å². The molecule has 1 N–H and O–H groups in total. The summed E-state index contributed by atoms with van der Waals surface area (Å²) >= 11 is 1.57. The molecule has 0 saturated carbocycles. The Hall–Kier alpha value is -2.07. The number of carboxylic acid groups (broad SMARTS) is 1. The Morgan fingerprint density at radius 2 is 2.11 bits per heavy atom. The summed E-state index contributed by atoms with van der Waals surface area (Å²) < 4.78 is 5.20. The van der Waals surface area contributed by atoms with E-state index >= 15 is 0 Å². The van der Waals surface area contributed by atoms with Crippen LogP contribution in [0.3, 0.4) is 0 Å². The van der Waals surface area contributed by atoms with E-state index in [0.717, 1.165) is 26.6 Å². The molecule has 1 heterocycles. The molecule has 0 fully saturated rings. The van der Waals surface area contributed by atoms with Crippen molar-refractivity contribution in [3.8, 4) is 16.2 Å². The molecule has 0 spiro atoms. The first-order valence-corrected chi connectivity index (χ1v) is 6.57. The van der Waals surface area contributed by atoms with Crippen molar-refractivity contribution in [1.82, 2.24) is 0 Å². The van der Waals surface area contributed by atoms with Gasteiger partial charge in [0.2, 0.25) is 0 Å². The van der Waals surface area contributed by atoms with Gasteiger partial charge in [-0.25, -0.2) is 4.79 Å². The number of carbonyl (C=O) groups is 1. The van der Waals surface area contributed by atoms with Crippen LogP contribution in [-0.4, -0.2) is 18.2 Å². The smallest absolute Gasteiger partial charge is 0.328 e. The van der Waals surface area contributed by atoms with E-state index in [2.05, 4.69) is 0 Å². The van der Waals surface area contributed by atoms with E-state index in [1.54, 1.807) is 25.4 Å². The number of thiophene rings is 1. The second-order valence-corrected chi connectivity index (χ2v) is 5.15. The van der Waals surface area contributed by atoms with Crippen LogP contribution in [0.5, 0.6) is 5.75 Å². The number of hydrogen-bond donors (Lipinski definition) is 1. The van der Waals surface area contributed by atoms with Gasteiger partial charge in [0.1, 0.15) is 5.75 Å². The summed E-state index contributed by atoms with van der Waals surface area (Å²) in [5, 5.41) is 8.75. The highest BCUT2D eigenvalue weighted by atomic mass is 32.1. The second kappa shape index (κ2) is 5.71. The molecule has 0 atom stereocenters. The van der Waals surface area contributed by atoms with Crippen molar-refractivity contribution >= 4 is 22.9 Å². The van der Waals surface area contributed by atoms with Crippen molar-refractivity contribution in [2.45, 2.75) is 6.92 Å². The van der Waals surface area contributed by atoms with Gasteiger partial charge in [0.25, 0.3) is 0 Å². The molecule has 0 radical (unpaired) electrons. The fourth-order valence-corrected chi connectivity index (χ4v) is 2.71. The van der Waals surface area contributed by atoms with Crippen LogP contribution in [0.15, 0.2) is 42.5 Å². The van der Waals surface area contributed by atoms with Crippen LogP contribution < -0.4 is 4.74 Å². The highest BCUT2D eigenvalue weighted by molar-refractivity contribution is 7.16. The average Bonchev–Trinajstić information content (AvgIpc) is 2.88. The third-order valence-corrected chi connectivity index (χ3v) is 3.96. The third-order valence-electron chi connectivity index (χ3n) is 2.69. The number of methoxy groups -OCH3 is 1. The zero-order chi connectivity index (χ0) is 13.8. The van der Waals surface area contributed by atoms with Gasteiger partial charge in [-0.2, -0.15) is 0 Å². The molecule has 1 aromatic heterocycles. The quantitative estimate of drug-likeness (QED) is 0.860. The number of ether oxygens (including phenoxy) is 1. The molecule has 0 aliphatic rings. The van der Waals surface area contributed by atoms with Crippen molar-refractivity contribution in [3.63, 3.8) is 0 Å². The summed E-state index contributed by atoms with van der Waals surface area (Å²) in [6.07, 6.45) is 1.22. The molecule has 0 saturated heterocycles. The van der Waals surface area contributed by atoms with E-state index in [1.807, 2.05) is 36.4 Å². The van der Waals surface area contributed by atoms with Crippen molar-refractivity contribution in [2.24, 2.45) is 0 Å². The van der Waals surface area contributed by atoms with E-state index in [4.69, 9.17) is 9.84 Å². The minimum absolute atomic E-state index is 0.756. The largest absolute Gasteiger partial charge is 0.497 e. The Morgan fingerprint density at radius 1 is 1.32 bits per heavy atom. The predicted octanol–water partition coefficient (Wildman–Crippen LogP) is 3.91. The van der Waals surface area contributed by atoms with Gasteiger partial charge in [0.15, 0.2) is 0 Å². The zero-order valence-corrected chi connectivity index (χ0v) is 11.5. The lowest BCUT2D eigenvalue weighted by Gasteiger charge is -2.02. The van der Waals surface area contributed by atoms with Gasteiger partial charge >= 0.3 is 5.97 Å². The summed E-state index contributed by atoms with van der Waals surface area (Å²) in [6.45, 7) is 1.80. The van der Waals surface area contributed by atoms with Crippen LogP contribution in [-0.2, 0) is 4.79 Å². The lowest BCUT2D eigenvalue weighted by molar-refractivity contribution is -0.131. The highest BCUT2D eigenvalue weighted by Crippen LogP contribution is 2.33. The summed E-state index contributed by atoms with van der Waals surface area (Å²) in [5.41, 5.74) is 1.82. The topological polar surface area (TPSA) is 46.5 Å². The van der Waals surface area contributed by atoms with E-state index < -0.39 is 5.97 Å². The van der Waals surface area contributed by atoms with Gasteiger partial charge in [-0.3, -0.25) is 0 Å². The standard InChI is InChI=1S/C15H14O3S/c1-10(8-15(16)17)13-6-7-14(19-13)11-4-3-5-12(9-11)18-2/h3-9H,1-2H3,(H,16,17)/b10-8+. The Labute approximate surface area is 115 Å². The number of aliphatic carboxylic acids is 1. The number of hydrogen-bond acceptors (Lipinski definition) is 3. The van der Waals surface area contributed by atoms with Gasteiger partial charge in [0.05, 0.1) is 7.11 Å². The maximum Gasteiger partial charge on any atom is 0.328 e. The van der Waals surface area contributed by atoms with Gasteiger partial charge in [-0.15, -0.1) is 11.3 Å². The van der Waals surface area contributed by atoms with Crippen LogP contribution in [0.2, 0.25) is 0 Å². The molecule has 0 unspecified atom stereocenters. The van der Waals surface area contributed by atoms with Crippen LogP contribution in [0, 0.1) is 0 Å². The molecule has 3 nitrogen and oxygen atoms in total. The minimum Gasteiger partial charge on any atom is -0.497 e. The fraction of sp³-hybridized carbons (Fsp3) is 0.133. The van der Waals surface area contributed by atoms with Crippen LogP contribution in [0.1, 0.15) is 11.8 Å². The lowest BCUT2D eigenvalue weighted by Crippen LogP contribution is -1.88. The first kappa shape index (κ1) is 13.4. The SMILES string of the molecule is COc1cccc(-c2ccc(/C(C)=C/C(=O)O)s2)c1. The van der Waals surface area contributed by atoms with Gasteiger partial charge in [0, 0.05) is 15.8 Å². The first-order chi connectivity index (χ1) is 9.10. The third kappa shape index (κ3) is 3.23. The molecule has 4 heteroatoms. The highest BCUT2D eigenvalue weighted by Gasteiger charge is 2.06. The van der Waals surface area contributed by atoms with Gasteiger partial charge in [-0.1, -0.05) is 12.1 Å². The van der Waals surface area contributed by atoms with Crippen LogP contribution >= 0.6 is 11.3 Å². The number of benzene rings is 1.